The Morgan fingerprint density at radius 3 is 2.37 bits per heavy atom. The molecule has 5 saturated carbocycles. The number of ether oxygens (including phenoxy) is 6. The first kappa shape index (κ1) is 29.7. The number of nitrogens with zero attached hydrogens (tertiary/aromatic N) is 1. The van der Waals surface area contributed by atoms with Crippen LogP contribution in [0.3, 0.4) is 0 Å². The maximum Gasteiger partial charge on any atom is 0.338 e. The van der Waals surface area contributed by atoms with E-state index in [1.54, 1.807) is 33.5 Å². The molecule has 13 atom stereocenters. The number of rotatable bonds is 8. The second-order valence-corrected chi connectivity index (χ2v) is 14.2. The van der Waals surface area contributed by atoms with Crippen molar-refractivity contribution < 1.29 is 38.0 Å². The molecule has 1 aliphatic heterocycles. The predicted molar refractivity (Wildman–Crippen MR) is 156 cm³/mol. The summed E-state index contributed by atoms with van der Waals surface area (Å²) in [6, 6.07) is 9.06. The molecule has 0 aromatic heterocycles. The van der Waals surface area contributed by atoms with E-state index in [9.17, 15) is 9.59 Å². The van der Waals surface area contributed by atoms with Crippen LogP contribution in [0.25, 0.3) is 0 Å². The number of likely N-dealkylation sites (N-methyl/N-ethyl adjacent to an activating group) is 1. The highest BCUT2D eigenvalue weighted by Gasteiger charge is 2.93. The molecule has 9 nitrogen and oxygen atoms in total. The first-order valence-electron chi connectivity index (χ1n) is 16.0. The van der Waals surface area contributed by atoms with Crippen molar-refractivity contribution in [3.63, 3.8) is 0 Å². The molecule has 13 unspecified atom stereocenters. The number of carbonyl (C=O) groups is 2. The molecule has 236 valence electrons. The zero-order chi connectivity index (χ0) is 30.5. The van der Waals surface area contributed by atoms with Gasteiger partial charge in [-0.15, -0.1) is 0 Å². The summed E-state index contributed by atoms with van der Waals surface area (Å²) in [6.45, 7) is 7.79. The topological polar surface area (TPSA) is 92.8 Å². The summed E-state index contributed by atoms with van der Waals surface area (Å²) in [6.07, 6.45) is 1.92. The van der Waals surface area contributed by atoms with Crippen LogP contribution in [0.5, 0.6) is 0 Å². The molecule has 43 heavy (non-hydrogen) atoms. The van der Waals surface area contributed by atoms with Crippen molar-refractivity contribution in [3.8, 4) is 0 Å². The van der Waals surface area contributed by atoms with Gasteiger partial charge in [-0.25, -0.2) is 4.79 Å². The normalized spacial score (nSPS) is 49.0. The number of methoxy groups -OCH3 is 4. The van der Waals surface area contributed by atoms with Crippen molar-refractivity contribution in [1.82, 2.24) is 4.90 Å². The third kappa shape index (κ3) is 3.36. The molecule has 7 rings (SSSR count). The fourth-order valence-corrected chi connectivity index (χ4v) is 12.3. The number of likely N-dealkylation sites (tertiary alicyclic amines) is 1. The SMILES string of the molecule is CCN1CC2(C)CCC(OC)C34C5CC6C(OC)CC(OC)(C5C6OC(=O)c5ccccc5)C(OC)(C(OC(C)=O)C23)C14. The monoisotopic (exact) mass is 597 g/mol. The minimum absolute atomic E-state index is 0.00719. The van der Waals surface area contributed by atoms with Gasteiger partial charge in [-0.05, 0) is 49.3 Å². The molecule has 5 aliphatic carbocycles. The molecule has 1 aromatic rings. The Morgan fingerprint density at radius 1 is 1.02 bits per heavy atom. The number of esters is 2. The highest BCUT2D eigenvalue weighted by atomic mass is 16.6. The van der Waals surface area contributed by atoms with Crippen LogP contribution in [0.2, 0.25) is 0 Å². The number of hydrogen-bond acceptors (Lipinski definition) is 9. The van der Waals surface area contributed by atoms with E-state index >= 15 is 0 Å². The molecular formula is C34H47NO8. The van der Waals surface area contributed by atoms with E-state index in [0.717, 1.165) is 32.4 Å². The van der Waals surface area contributed by atoms with Gasteiger partial charge in [0.2, 0.25) is 0 Å². The molecule has 1 spiro atoms. The van der Waals surface area contributed by atoms with E-state index in [2.05, 4.69) is 18.7 Å². The fraction of sp³-hybridized carbons (Fsp3) is 0.765. The van der Waals surface area contributed by atoms with E-state index in [1.165, 1.54) is 6.92 Å². The molecule has 1 saturated heterocycles. The number of benzene rings is 1. The molecule has 0 amide bonds. The van der Waals surface area contributed by atoms with Crippen LogP contribution in [0.15, 0.2) is 30.3 Å². The minimum atomic E-state index is -1.04. The van der Waals surface area contributed by atoms with Gasteiger partial charge in [0.25, 0.3) is 0 Å². The van der Waals surface area contributed by atoms with Gasteiger partial charge in [0, 0.05) is 71.5 Å². The van der Waals surface area contributed by atoms with Crippen LogP contribution in [-0.2, 0) is 33.2 Å². The zero-order valence-electron chi connectivity index (χ0n) is 26.5. The summed E-state index contributed by atoms with van der Waals surface area (Å²) in [7, 11) is 7.06. The Kier molecular flexibility index (Phi) is 6.88. The van der Waals surface area contributed by atoms with Gasteiger partial charge in [-0.3, -0.25) is 9.69 Å². The Bertz CT molecular complexity index is 1280. The fourth-order valence-electron chi connectivity index (χ4n) is 12.3. The highest BCUT2D eigenvalue weighted by Crippen LogP contribution is 2.81. The molecule has 1 heterocycles. The average Bonchev–Trinajstić information content (AvgIpc) is 3.40. The molecule has 0 radical (unpaired) electrons. The Morgan fingerprint density at radius 2 is 1.77 bits per heavy atom. The summed E-state index contributed by atoms with van der Waals surface area (Å²) in [5, 5.41) is 0. The number of fused-ring (bicyclic) bond motifs is 2. The first-order chi connectivity index (χ1) is 20.6. The summed E-state index contributed by atoms with van der Waals surface area (Å²) in [4.78, 5) is 29.3. The van der Waals surface area contributed by atoms with Crippen LogP contribution < -0.4 is 0 Å². The van der Waals surface area contributed by atoms with Gasteiger partial charge in [-0.2, -0.15) is 0 Å². The standard InChI is InChI=1S/C34H47NO8/c1-8-35-18-31(3)15-14-24(39-5)33-22-16-21-23(38-4)17-32(40-6,25(22)26(21)43-29(37)20-12-10-9-11-13-20)34(41-7,30(33)35)28(27(31)33)42-19(2)36/h9-13,21-28,30H,8,14-18H2,1-7H3. The minimum Gasteiger partial charge on any atom is -0.459 e. The van der Waals surface area contributed by atoms with Crippen molar-refractivity contribution in [2.24, 2.45) is 34.5 Å². The number of hydrogen-bond donors (Lipinski definition) is 0. The van der Waals surface area contributed by atoms with Crippen molar-refractivity contribution in [2.75, 3.05) is 41.5 Å². The van der Waals surface area contributed by atoms with E-state index in [-0.39, 0.29) is 59.3 Å². The van der Waals surface area contributed by atoms with E-state index in [4.69, 9.17) is 28.4 Å². The lowest BCUT2D eigenvalue weighted by Gasteiger charge is -2.70. The predicted octanol–water partition coefficient (Wildman–Crippen LogP) is 3.73. The lowest BCUT2D eigenvalue weighted by molar-refractivity contribution is -0.329. The van der Waals surface area contributed by atoms with Crippen LogP contribution in [0.4, 0.5) is 0 Å². The first-order valence-corrected chi connectivity index (χ1v) is 16.0. The van der Waals surface area contributed by atoms with Gasteiger partial charge < -0.3 is 28.4 Å². The number of carbonyl (C=O) groups excluding carboxylic acids is 2. The van der Waals surface area contributed by atoms with Crippen molar-refractivity contribution in [2.45, 2.75) is 88.1 Å². The van der Waals surface area contributed by atoms with Crippen molar-refractivity contribution >= 4 is 11.9 Å². The molecule has 1 aromatic carbocycles. The molecule has 6 aliphatic rings. The van der Waals surface area contributed by atoms with Crippen LogP contribution in [-0.4, -0.2) is 100 Å². The van der Waals surface area contributed by atoms with Gasteiger partial charge in [0.15, 0.2) is 5.60 Å². The summed E-state index contributed by atoms with van der Waals surface area (Å²) in [5.41, 5.74) is -2.02. The lowest BCUT2D eigenvalue weighted by atomic mass is 9.43. The zero-order valence-corrected chi connectivity index (χ0v) is 26.5. The van der Waals surface area contributed by atoms with E-state index in [0.29, 0.717) is 12.0 Å². The second kappa shape index (κ2) is 9.98. The van der Waals surface area contributed by atoms with Crippen molar-refractivity contribution in [3.05, 3.63) is 35.9 Å². The molecular weight excluding hydrogens is 550 g/mol. The van der Waals surface area contributed by atoms with Crippen molar-refractivity contribution in [1.29, 1.82) is 0 Å². The smallest absolute Gasteiger partial charge is 0.338 e. The quantitative estimate of drug-likeness (QED) is 0.416. The molecule has 7 bridgehead atoms. The maximum absolute atomic E-state index is 13.7. The molecule has 0 N–H and O–H groups in total. The van der Waals surface area contributed by atoms with Crippen LogP contribution in [0, 0.1) is 34.5 Å². The highest BCUT2D eigenvalue weighted by molar-refractivity contribution is 5.89. The summed E-state index contributed by atoms with van der Waals surface area (Å²) >= 11 is 0. The van der Waals surface area contributed by atoms with Gasteiger partial charge >= 0.3 is 11.9 Å². The molecule has 6 fully saturated rings. The summed E-state index contributed by atoms with van der Waals surface area (Å²) < 4.78 is 39.7. The largest absolute Gasteiger partial charge is 0.459 e. The van der Waals surface area contributed by atoms with E-state index in [1.807, 2.05) is 25.3 Å². The average molecular weight is 598 g/mol. The van der Waals surface area contributed by atoms with Gasteiger partial charge in [-0.1, -0.05) is 32.0 Å². The third-order valence-electron chi connectivity index (χ3n) is 13.2. The Balaban J connectivity index is 1.50. The summed E-state index contributed by atoms with van der Waals surface area (Å²) in [5.74, 6) is -0.810. The van der Waals surface area contributed by atoms with E-state index < -0.39 is 28.8 Å². The Labute approximate surface area is 254 Å². The molecule has 9 heteroatoms. The lowest BCUT2D eigenvalue weighted by Crippen LogP contribution is -2.82. The van der Waals surface area contributed by atoms with Gasteiger partial charge in [0.05, 0.1) is 23.8 Å². The van der Waals surface area contributed by atoms with Crippen LogP contribution >= 0.6 is 0 Å². The third-order valence-corrected chi connectivity index (χ3v) is 13.2. The number of piperidine rings is 1. The van der Waals surface area contributed by atoms with Crippen LogP contribution in [0.1, 0.15) is 56.8 Å². The Hall–Kier alpha value is -2.04. The van der Waals surface area contributed by atoms with Gasteiger partial charge in [0.1, 0.15) is 17.8 Å². The maximum atomic E-state index is 13.7. The second-order valence-electron chi connectivity index (χ2n) is 14.2.